The number of H-pyrrole nitrogens is 2. The number of carbonyl (C=O) groups is 1. The molecule has 0 atom stereocenters. The van der Waals surface area contributed by atoms with E-state index in [0.717, 1.165) is 0 Å². The predicted octanol–water partition coefficient (Wildman–Crippen LogP) is 5.96. The third-order valence-electron chi connectivity index (χ3n) is 7.31. The number of hydrogen-bond donors (Lipinski definition) is 3. The summed E-state index contributed by atoms with van der Waals surface area (Å²) in [4.78, 5) is 36.6. The number of carbonyl (C=O) groups excluding carboxylic acids is 1. The number of rotatable bonds is 9. The fourth-order valence-electron chi connectivity index (χ4n) is 5.05. The minimum atomic E-state index is -0.430. The van der Waals surface area contributed by atoms with Gasteiger partial charge in [-0.05, 0) is 62.6 Å². The molecule has 0 unspecified atom stereocenters. The van der Waals surface area contributed by atoms with Gasteiger partial charge in [-0.2, -0.15) is 5.10 Å². The maximum absolute atomic E-state index is 14.7. The molecule has 0 aliphatic carbocycles. The lowest BCUT2D eigenvalue weighted by Gasteiger charge is -2.12. The van der Waals surface area contributed by atoms with Crippen molar-refractivity contribution in [2.75, 3.05) is 32.6 Å². The molecule has 228 valence electrons. The number of benzene rings is 2. The summed E-state index contributed by atoms with van der Waals surface area (Å²) in [5, 5.41) is 10.4. The van der Waals surface area contributed by atoms with Crippen molar-refractivity contribution in [3.63, 3.8) is 0 Å². The summed E-state index contributed by atoms with van der Waals surface area (Å²) in [6.45, 7) is 1.12. The standard InChI is InChI=1S/C34H28FN9O2/c1-44(2)12-13-46-25-16-21(14-23(35)17-25)29-30-27(10-11-37-29)40-33(41-30)32-31-28(42-43-32)9-8-26(39-31)22-15-24(19-36-18-22)38-34(45)20-6-4-3-5-7-20/h3-11,14-19H,12-13H2,1-2H3,(H,38,45)(H,40,41)(H,42,43). The Morgan fingerprint density at radius 2 is 1.76 bits per heavy atom. The highest BCUT2D eigenvalue weighted by Crippen LogP contribution is 2.32. The van der Waals surface area contributed by atoms with Crippen LogP contribution in [0, 0.1) is 5.82 Å². The zero-order valence-corrected chi connectivity index (χ0v) is 25.0. The van der Waals surface area contributed by atoms with Gasteiger partial charge in [0, 0.05) is 41.7 Å². The number of likely N-dealkylation sites (N-methyl/N-ethyl adjacent to an activating group) is 1. The van der Waals surface area contributed by atoms with Crippen LogP contribution in [0.3, 0.4) is 0 Å². The SMILES string of the molecule is CN(C)CCOc1cc(F)cc(-c2nccc3[nH]c(-c4n[nH]c5ccc(-c6cncc(NC(=O)c7ccccc7)c6)nc45)nc23)c1. The van der Waals surface area contributed by atoms with Crippen molar-refractivity contribution in [3.8, 4) is 39.8 Å². The monoisotopic (exact) mass is 613 g/mol. The molecule has 1 amide bonds. The van der Waals surface area contributed by atoms with Crippen LogP contribution in [0.5, 0.6) is 5.75 Å². The summed E-state index contributed by atoms with van der Waals surface area (Å²) >= 11 is 0. The van der Waals surface area contributed by atoms with Crippen LogP contribution in [0.1, 0.15) is 10.4 Å². The third kappa shape index (κ3) is 5.88. The number of anilines is 1. The average Bonchev–Trinajstić information content (AvgIpc) is 3.69. The summed E-state index contributed by atoms with van der Waals surface area (Å²) in [6.07, 6.45) is 4.92. The van der Waals surface area contributed by atoms with Gasteiger partial charge in [0.15, 0.2) is 11.5 Å². The molecule has 2 aromatic carbocycles. The molecule has 0 spiro atoms. The Labute approximate surface area is 262 Å². The van der Waals surface area contributed by atoms with E-state index < -0.39 is 5.82 Å². The molecule has 0 aliphatic heterocycles. The van der Waals surface area contributed by atoms with E-state index >= 15 is 0 Å². The van der Waals surface area contributed by atoms with Crippen LogP contribution >= 0.6 is 0 Å². The van der Waals surface area contributed by atoms with E-state index in [-0.39, 0.29) is 5.91 Å². The molecule has 7 rings (SSSR count). The van der Waals surface area contributed by atoms with Crippen LogP contribution in [-0.2, 0) is 0 Å². The van der Waals surface area contributed by atoms with Crippen LogP contribution in [0.4, 0.5) is 10.1 Å². The summed E-state index contributed by atoms with van der Waals surface area (Å²) in [6, 6.07) is 20.9. The molecule has 12 heteroatoms. The first-order chi connectivity index (χ1) is 22.4. The molecular weight excluding hydrogens is 585 g/mol. The van der Waals surface area contributed by atoms with Gasteiger partial charge in [0.05, 0.1) is 34.3 Å². The minimum Gasteiger partial charge on any atom is -0.492 e. The molecule has 0 saturated carbocycles. The number of hydrogen-bond acceptors (Lipinski definition) is 8. The van der Waals surface area contributed by atoms with Crippen molar-refractivity contribution in [3.05, 3.63) is 103 Å². The Balaban J connectivity index is 1.21. The molecule has 5 aromatic heterocycles. The maximum atomic E-state index is 14.7. The van der Waals surface area contributed by atoms with E-state index in [2.05, 4.69) is 30.5 Å². The van der Waals surface area contributed by atoms with Gasteiger partial charge < -0.3 is 19.9 Å². The van der Waals surface area contributed by atoms with Crippen LogP contribution in [-0.4, -0.2) is 73.2 Å². The van der Waals surface area contributed by atoms with E-state index in [1.54, 1.807) is 42.9 Å². The normalized spacial score (nSPS) is 11.4. The predicted molar refractivity (Wildman–Crippen MR) is 174 cm³/mol. The number of halogens is 1. The highest BCUT2D eigenvalue weighted by atomic mass is 19.1. The third-order valence-corrected chi connectivity index (χ3v) is 7.31. The minimum absolute atomic E-state index is 0.231. The number of nitrogens with zero attached hydrogens (tertiary/aromatic N) is 6. The Morgan fingerprint density at radius 1 is 0.913 bits per heavy atom. The molecule has 5 heterocycles. The molecule has 7 aromatic rings. The number of pyridine rings is 3. The summed E-state index contributed by atoms with van der Waals surface area (Å²) in [5.74, 6) is 0.228. The Bertz CT molecular complexity index is 2190. The van der Waals surface area contributed by atoms with Gasteiger partial charge in [-0.15, -0.1) is 0 Å². The van der Waals surface area contributed by atoms with Crippen molar-refractivity contribution >= 4 is 33.7 Å². The smallest absolute Gasteiger partial charge is 0.255 e. The first kappa shape index (κ1) is 28.7. The first-order valence-electron chi connectivity index (χ1n) is 14.5. The molecule has 0 radical (unpaired) electrons. The highest BCUT2D eigenvalue weighted by molar-refractivity contribution is 6.04. The fraction of sp³-hybridized carbons (Fsp3) is 0.118. The second-order valence-corrected chi connectivity index (χ2v) is 10.9. The highest BCUT2D eigenvalue weighted by Gasteiger charge is 2.18. The Morgan fingerprint density at radius 3 is 2.61 bits per heavy atom. The van der Waals surface area contributed by atoms with Gasteiger partial charge >= 0.3 is 0 Å². The number of nitrogens with one attached hydrogen (secondary N) is 3. The number of aromatic amines is 2. The van der Waals surface area contributed by atoms with Gasteiger partial charge in [0.2, 0.25) is 0 Å². The van der Waals surface area contributed by atoms with Gasteiger partial charge in [0.1, 0.15) is 29.2 Å². The largest absolute Gasteiger partial charge is 0.492 e. The summed E-state index contributed by atoms with van der Waals surface area (Å²) in [5.41, 5.74) is 6.56. The van der Waals surface area contributed by atoms with Crippen molar-refractivity contribution in [1.29, 1.82) is 0 Å². The van der Waals surface area contributed by atoms with Crippen LogP contribution in [0.25, 0.3) is 56.1 Å². The van der Waals surface area contributed by atoms with Crippen LogP contribution < -0.4 is 10.1 Å². The lowest BCUT2D eigenvalue weighted by atomic mass is 10.1. The number of imidazole rings is 1. The van der Waals surface area contributed by atoms with Gasteiger partial charge in [0.25, 0.3) is 5.91 Å². The lowest BCUT2D eigenvalue weighted by molar-refractivity contribution is 0.102. The van der Waals surface area contributed by atoms with Crippen molar-refractivity contribution in [2.24, 2.45) is 0 Å². The topological polar surface area (TPSA) is 138 Å². The Kier molecular flexibility index (Phi) is 7.61. The van der Waals surface area contributed by atoms with Crippen molar-refractivity contribution in [2.45, 2.75) is 0 Å². The lowest BCUT2D eigenvalue weighted by Crippen LogP contribution is -2.19. The summed E-state index contributed by atoms with van der Waals surface area (Å²) in [7, 11) is 3.89. The molecule has 0 aliphatic rings. The van der Waals surface area contributed by atoms with E-state index in [4.69, 9.17) is 14.7 Å². The molecule has 0 bridgehead atoms. The second kappa shape index (κ2) is 12.2. The zero-order valence-electron chi connectivity index (χ0n) is 25.0. The molecular formula is C34H28FN9O2. The maximum Gasteiger partial charge on any atom is 0.255 e. The number of fused-ring (bicyclic) bond motifs is 2. The zero-order chi connectivity index (χ0) is 31.6. The van der Waals surface area contributed by atoms with Crippen molar-refractivity contribution in [1.82, 2.24) is 40.0 Å². The first-order valence-corrected chi connectivity index (χ1v) is 14.5. The summed E-state index contributed by atoms with van der Waals surface area (Å²) < 4.78 is 20.4. The number of amides is 1. The molecule has 3 N–H and O–H groups in total. The van der Waals surface area contributed by atoms with Crippen LogP contribution in [0.15, 0.2) is 91.4 Å². The van der Waals surface area contributed by atoms with E-state index in [1.165, 1.54) is 12.1 Å². The van der Waals surface area contributed by atoms with Crippen LogP contribution in [0.2, 0.25) is 0 Å². The van der Waals surface area contributed by atoms with Gasteiger partial charge in [-0.3, -0.25) is 19.9 Å². The van der Waals surface area contributed by atoms with E-state index in [0.29, 0.717) is 86.3 Å². The van der Waals surface area contributed by atoms with E-state index in [1.807, 2.05) is 55.4 Å². The van der Waals surface area contributed by atoms with Gasteiger partial charge in [-0.1, -0.05) is 18.2 Å². The van der Waals surface area contributed by atoms with Crippen molar-refractivity contribution < 1.29 is 13.9 Å². The molecule has 11 nitrogen and oxygen atoms in total. The second-order valence-electron chi connectivity index (χ2n) is 10.9. The Hall–Kier alpha value is -6.01. The van der Waals surface area contributed by atoms with E-state index in [9.17, 15) is 9.18 Å². The average molecular weight is 614 g/mol. The molecule has 46 heavy (non-hydrogen) atoms. The fourth-order valence-corrected chi connectivity index (χ4v) is 5.05. The van der Waals surface area contributed by atoms with Gasteiger partial charge in [-0.25, -0.2) is 14.4 Å². The quantitative estimate of drug-likeness (QED) is 0.181. The number of ether oxygens (including phenoxy) is 1. The molecule has 0 fully saturated rings. The molecule has 0 saturated heterocycles. The number of aromatic nitrogens is 7.